The largest absolute Gasteiger partial charge is 0.346 e. The molecule has 0 N–H and O–H groups in total. The SMILES string of the molecule is C=C/C=C\C(=C/C)S(=O)(=O)CP(=O)(OCC)OCC. The lowest BCUT2D eigenvalue weighted by Gasteiger charge is -2.17. The van der Waals surface area contributed by atoms with Crippen molar-refractivity contribution >= 4 is 17.4 Å². The molecule has 0 saturated heterocycles. The molecule has 0 atom stereocenters. The van der Waals surface area contributed by atoms with Crippen LogP contribution in [0.1, 0.15) is 20.8 Å². The Kier molecular flexibility index (Phi) is 8.18. The molecule has 0 heterocycles. The third kappa shape index (κ3) is 6.34. The van der Waals surface area contributed by atoms with Crippen molar-refractivity contribution in [1.29, 1.82) is 0 Å². The van der Waals surface area contributed by atoms with Gasteiger partial charge >= 0.3 is 7.60 Å². The minimum Gasteiger partial charge on any atom is -0.308 e. The van der Waals surface area contributed by atoms with E-state index in [4.69, 9.17) is 9.05 Å². The highest BCUT2D eigenvalue weighted by molar-refractivity contribution is 8.01. The third-order valence-electron chi connectivity index (χ3n) is 2.02. The van der Waals surface area contributed by atoms with Crippen LogP contribution in [0.4, 0.5) is 0 Å². The molecule has 0 fully saturated rings. The van der Waals surface area contributed by atoms with Gasteiger partial charge in [-0.15, -0.1) is 0 Å². The maximum absolute atomic E-state index is 12.2. The van der Waals surface area contributed by atoms with Crippen LogP contribution in [0.3, 0.4) is 0 Å². The van der Waals surface area contributed by atoms with Crippen molar-refractivity contribution in [2.24, 2.45) is 0 Å². The van der Waals surface area contributed by atoms with Gasteiger partial charge in [-0.05, 0) is 26.8 Å². The minimum atomic E-state index is -3.73. The average Bonchev–Trinajstić information content (AvgIpc) is 2.29. The summed E-state index contributed by atoms with van der Waals surface area (Å²) in [7, 11) is -7.36. The van der Waals surface area contributed by atoms with Crippen LogP contribution in [0, 0.1) is 0 Å². The summed E-state index contributed by atoms with van der Waals surface area (Å²) in [6.45, 7) is 8.57. The predicted molar refractivity (Wildman–Crippen MR) is 77.7 cm³/mol. The monoisotopic (exact) mass is 308 g/mol. The van der Waals surface area contributed by atoms with Gasteiger partial charge in [-0.1, -0.05) is 24.8 Å². The van der Waals surface area contributed by atoms with Gasteiger partial charge in [-0.3, -0.25) is 4.57 Å². The minimum absolute atomic E-state index is 0.0621. The Morgan fingerprint density at radius 1 is 1.26 bits per heavy atom. The molecule has 0 spiro atoms. The lowest BCUT2D eigenvalue weighted by atomic mass is 10.4. The van der Waals surface area contributed by atoms with Crippen molar-refractivity contribution in [1.82, 2.24) is 0 Å². The summed E-state index contributed by atoms with van der Waals surface area (Å²) < 4.78 is 46.5. The van der Waals surface area contributed by atoms with Crippen LogP contribution < -0.4 is 0 Å². The van der Waals surface area contributed by atoms with E-state index in [1.165, 1.54) is 24.3 Å². The maximum Gasteiger partial charge on any atom is 0.346 e. The fraction of sp³-hybridized carbons (Fsp3) is 0.500. The van der Waals surface area contributed by atoms with E-state index in [1.54, 1.807) is 20.8 Å². The van der Waals surface area contributed by atoms with Gasteiger partial charge < -0.3 is 9.05 Å². The van der Waals surface area contributed by atoms with Crippen LogP contribution in [0.5, 0.6) is 0 Å². The van der Waals surface area contributed by atoms with Crippen LogP contribution in [0.2, 0.25) is 0 Å². The summed E-state index contributed by atoms with van der Waals surface area (Å²) in [6.07, 6.45) is 5.78. The van der Waals surface area contributed by atoms with E-state index in [9.17, 15) is 13.0 Å². The summed E-state index contributed by atoms with van der Waals surface area (Å²) in [5, 5.41) is 0. The second-order valence-corrected chi connectivity index (χ2v) is 7.95. The Hall–Kier alpha value is -0.680. The molecule has 0 aliphatic carbocycles. The zero-order valence-electron chi connectivity index (χ0n) is 11.5. The highest BCUT2D eigenvalue weighted by atomic mass is 32.2. The second-order valence-electron chi connectivity index (χ2n) is 3.48. The van der Waals surface area contributed by atoms with Crippen LogP contribution in [-0.2, 0) is 23.4 Å². The molecule has 0 rings (SSSR count). The molecule has 19 heavy (non-hydrogen) atoms. The van der Waals surface area contributed by atoms with Crippen molar-refractivity contribution in [3.63, 3.8) is 0 Å². The number of hydrogen-bond acceptors (Lipinski definition) is 5. The van der Waals surface area contributed by atoms with Gasteiger partial charge in [0.05, 0.1) is 18.1 Å². The Morgan fingerprint density at radius 3 is 2.16 bits per heavy atom. The lowest BCUT2D eigenvalue weighted by Crippen LogP contribution is -2.12. The van der Waals surface area contributed by atoms with Gasteiger partial charge in [0.1, 0.15) is 0 Å². The number of sulfone groups is 1. The number of rotatable bonds is 9. The molecular formula is C12H21O5PS. The number of allylic oxidation sites excluding steroid dienone is 4. The normalized spacial score (nSPS) is 13.9. The van der Waals surface area contributed by atoms with Crippen molar-refractivity contribution in [3.05, 3.63) is 35.8 Å². The first-order chi connectivity index (χ1) is 8.85. The standard InChI is InChI=1S/C12H21O5PS/c1-5-9-10-12(6-2)19(14,15)11-18(13,16-7-3)17-8-4/h5-6,9-10H,1,7-8,11H2,2-4H3/b10-9-,12-6+. The van der Waals surface area contributed by atoms with Crippen molar-refractivity contribution in [3.8, 4) is 0 Å². The smallest absolute Gasteiger partial charge is 0.308 e. The molecule has 0 bridgehead atoms. The molecule has 0 saturated carbocycles. The van der Waals surface area contributed by atoms with Crippen LogP contribution in [-0.4, -0.2) is 27.1 Å². The van der Waals surface area contributed by atoms with Crippen LogP contribution in [0.25, 0.3) is 0 Å². The van der Waals surface area contributed by atoms with E-state index in [-0.39, 0.29) is 18.1 Å². The van der Waals surface area contributed by atoms with Crippen molar-refractivity contribution in [2.75, 3.05) is 18.7 Å². The molecular weight excluding hydrogens is 287 g/mol. The van der Waals surface area contributed by atoms with E-state index < -0.39 is 22.9 Å². The Bertz CT molecular complexity index is 480. The topological polar surface area (TPSA) is 69.7 Å². The molecule has 7 heteroatoms. The van der Waals surface area contributed by atoms with Gasteiger partial charge in [0, 0.05) is 0 Å². The summed E-state index contributed by atoms with van der Waals surface area (Å²) in [5.41, 5.74) is -0.664. The molecule has 0 amide bonds. The molecule has 5 nitrogen and oxygen atoms in total. The van der Waals surface area contributed by atoms with E-state index in [0.717, 1.165) is 0 Å². The molecule has 0 aliphatic rings. The summed E-state index contributed by atoms with van der Waals surface area (Å²) in [5.74, 6) is 0. The van der Waals surface area contributed by atoms with Crippen LogP contribution >= 0.6 is 7.60 Å². The second kappa shape index (κ2) is 8.48. The van der Waals surface area contributed by atoms with Crippen molar-refractivity contribution in [2.45, 2.75) is 20.8 Å². The zero-order valence-corrected chi connectivity index (χ0v) is 13.2. The summed E-state index contributed by atoms with van der Waals surface area (Å²) >= 11 is 0. The molecule has 0 aromatic rings. The van der Waals surface area contributed by atoms with E-state index in [2.05, 4.69) is 6.58 Å². The molecule has 0 aromatic heterocycles. The highest BCUT2D eigenvalue weighted by Crippen LogP contribution is 2.50. The molecule has 0 aliphatic heterocycles. The van der Waals surface area contributed by atoms with Crippen molar-refractivity contribution < 1.29 is 22.0 Å². The molecule has 0 aromatic carbocycles. The Labute approximate surface area is 115 Å². The predicted octanol–water partition coefficient (Wildman–Crippen LogP) is 3.27. The van der Waals surface area contributed by atoms with E-state index in [1.807, 2.05) is 0 Å². The average molecular weight is 308 g/mol. The fourth-order valence-corrected chi connectivity index (χ4v) is 5.69. The summed E-state index contributed by atoms with van der Waals surface area (Å²) in [6, 6.07) is 0. The lowest BCUT2D eigenvalue weighted by molar-refractivity contribution is 0.224. The quantitative estimate of drug-likeness (QED) is 0.483. The first kappa shape index (κ1) is 18.3. The summed E-state index contributed by atoms with van der Waals surface area (Å²) in [4.78, 5) is 0.0621. The third-order valence-corrected chi connectivity index (χ3v) is 7.04. The highest BCUT2D eigenvalue weighted by Gasteiger charge is 2.32. The van der Waals surface area contributed by atoms with Gasteiger partial charge in [-0.2, -0.15) is 0 Å². The first-order valence-corrected chi connectivity index (χ1v) is 9.29. The fourth-order valence-electron chi connectivity index (χ4n) is 1.33. The Balaban J connectivity index is 5.26. The first-order valence-electron chi connectivity index (χ1n) is 5.91. The molecule has 0 radical (unpaired) electrons. The van der Waals surface area contributed by atoms with Gasteiger partial charge in [-0.25, -0.2) is 8.42 Å². The molecule has 110 valence electrons. The van der Waals surface area contributed by atoms with Gasteiger partial charge in [0.25, 0.3) is 0 Å². The molecule has 0 unspecified atom stereocenters. The van der Waals surface area contributed by atoms with E-state index in [0.29, 0.717) is 0 Å². The zero-order chi connectivity index (χ0) is 14.9. The maximum atomic E-state index is 12.2. The number of hydrogen-bond donors (Lipinski definition) is 0. The van der Waals surface area contributed by atoms with Crippen LogP contribution in [0.15, 0.2) is 35.8 Å². The van der Waals surface area contributed by atoms with E-state index >= 15 is 0 Å². The van der Waals surface area contributed by atoms with Gasteiger partial charge in [0.15, 0.2) is 15.3 Å². The Morgan fingerprint density at radius 2 is 1.79 bits per heavy atom. The van der Waals surface area contributed by atoms with Gasteiger partial charge in [0.2, 0.25) is 0 Å².